The number of halogens is 3. The van der Waals surface area contributed by atoms with Crippen LogP contribution in [0.2, 0.25) is 0 Å². The average molecular weight is 401 g/mol. The summed E-state index contributed by atoms with van der Waals surface area (Å²) in [6.07, 6.45) is 6.59. The molecular weight excluding hydrogens is 379 g/mol. The molecule has 2 aromatic rings. The van der Waals surface area contributed by atoms with E-state index in [0.717, 1.165) is 36.5 Å². The van der Waals surface area contributed by atoms with E-state index in [1.54, 1.807) is 6.07 Å². The van der Waals surface area contributed by atoms with E-state index in [0.29, 0.717) is 5.92 Å². The topological polar surface area (TPSA) is 50.1 Å². The zero-order chi connectivity index (χ0) is 21.0. The van der Waals surface area contributed by atoms with Crippen LogP contribution in [0.25, 0.3) is 0 Å². The number of hydrogen-bond acceptors (Lipinski definition) is 3. The number of aryl methyl sites for hydroxylation is 1. The summed E-state index contributed by atoms with van der Waals surface area (Å²) in [5.74, 6) is -3.09. The number of esters is 1. The molecule has 2 aromatic carbocycles. The maximum Gasteiger partial charge on any atom is 0.346 e. The fourth-order valence-corrected chi connectivity index (χ4v) is 3.75. The minimum atomic E-state index is -1.15. The third-order valence-electron chi connectivity index (χ3n) is 5.57. The SMILES string of the molecule is C[C@H]1CC[C@H](CCc2ccc(C(=O)Oc3cc(F)c(C#N)c(F)c3)c(F)c2)CC1. The highest BCUT2D eigenvalue weighted by atomic mass is 19.1. The van der Waals surface area contributed by atoms with Gasteiger partial charge in [0.05, 0.1) is 5.56 Å². The Kier molecular flexibility index (Phi) is 6.58. The smallest absolute Gasteiger partial charge is 0.346 e. The van der Waals surface area contributed by atoms with Gasteiger partial charge < -0.3 is 4.74 Å². The van der Waals surface area contributed by atoms with E-state index in [-0.39, 0.29) is 5.56 Å². The molecule has 0 N–H and O–H groups in total. The molecular formula is C23H22F3NO2. The molecule has 0 aromatic heterocycles. The molecule has 3 rings (SSSR count). The van der Waals surface area contributed by atoms with Crippen LogP contribution in [0.5, 0.6) is 5.75 Å². The molecule has 152 valence electrons. The predicted octanol–water partition coefficient (Wildman–Crippen LogP) is 5.95. The molecule has 1 aliphatic rings. The molecule has 1 aliphatic carbocycles. The normalized spacial score (nSPS) is 18.9. The lowest BCUT2D eigenvalue weighted by Crippen LogP contribution is -2.13. The van der Waals surface area contributed by atoms with Crippen molar-refractivity contribution in [2.24, 2.45) is 11.8 Å². The Bertz CT molecular complexity index is 921. The van der Waals surface area contributed by atoms with Crippen LogP contribution in [-0.4, -0.2) is 5.97 Å². The molecule has 6 heteroatoms. The molecule has 29 heavy (non-hydrogen) atoms. The molecule has 0 bridgehead atoms. The Morgan fingerprint density at radius 1 is 1.07 bits per heavy atom. The third kappa shape index (κ3) is 5.17. The average Bonchev–Trinajstić information content (AvgIpc) is 2.67. The summed E-state index contributed by atoms with van der Waals surface area (Å²) in [6.45, 7) is 2.27. The first-order chi connectivity index (χ1) is 13.9. The van der Waals surface area contributed by atoms with Gasteiger partial charge in [0, 0.05) is 12.1 Å². The standard InChI is InChI=1S/C23H22F3NO2/c1-14-2-4-15(5-3-14)6-7-16-8-9-18(20(24)10-16)23(28)29-17-11-21(25)19(13-27)22(26)12-17/h8-12,14-15H,2-7H2,1H3/t14-,15-. The van der Waals surface area contributed by atoms with E-state index in [1.807, 2.05) is 0 Å². The highest BCUT2D eigenvalue weighted by molar-refractivity contribution is 5.91. The molecule has 0 amide bonds. The number of nitrogens with zero attached hydrogens (tertiary/aromatic N) is 1. The van der Waals surface area contributed by atoms with E-state index in [9.17, 15) is 18.0 Å². The Labute approximate surface area is 168 Å². The number of ether oxygens (including phenoxy) is 1. The summed E-state index contributed by atoms with van der Waals surface area (Å²) >= 11 is 0. The van der Waals surface area contributed by atoms with E-state index in [2.05, 4.69) is 6.92 Å². The van der Waals surface area contributed by atoms with E-state index in [4.69, 9.17) is 10.00 Å². The maximum absolute atomic E-state index is 14.4. The minimum absolute atomic E-state index is 0.314. The first-order valence-electron chi connectivity index (χ1n) is 9.77. The van der Waals surface area contributed by atoms with Crippen molar-refractivity contribution in [3.63, 3.8) is 0 Å². The van der Waals surface area contributed by atoms with Gasteiger partial charge in [-0.05, 0) is 42.4 Å². The quantitative estimate of drug-likeness (QED) is 0.459. The molecule has 0 unspecified atom stereocenters. The number of hydrogen-bond donors (Lipinski definition) is 0. The van der Waals surface area contributed by atoms with Crippen molar-refractivity contribution >= 4 is 5.97 Å². The van der Waals surface area contributed by atoms with Gasteiger partial charge in [0.1, 0.15) is 34.8 Å². The van der Waals surface area contributed by atoms with Crippen molar-refractivity contribution in [2.45, 2.75) is 45.4 Å². The van der Waals surface area contributed by atoms with Crippen LogP contribution in [0.15, 0.2) is 30.3 Å². The Hall–Kier alpha value is -2.81. The van der Waals surface area contributed by atoms with Crippen molar-refractivity contribution in [3.8, 4) is 11.8 Å². The van der Waals surface area contributed by atoms with Crippen LogP contribution in [0.3, 0.4) is 0 Å². The third-order valence-corrected chi connectivity index (χ3v) is 5.57. The number of carbonyl (C=O) groups excluding carboxylic acids is 1. The molecule has 3 nitrogen and oxygen atoms in total. The second kappa shape index (κ2) is 9.13. The van der Waals surface area contributed by atoms with Crippen LogP contribution < -0.4 is 4.74 Å². The molecule has 0 radical (unpaired) electrons. The summed E-state index contributed by atoms with van der Waals surface area (Å²) in [5.41, 5.74) is -0.286. The van der Waals surface area contributed by atoms with Gasteiger partial charge in [-0.3, -0.25) is 0 Å². The van der Waals surface area contributed by atoms with Crippen molar-refractivity contribution < 1.29 is 22.7 Å². The molecule has 1 fully saturated rings. The summed E-state index contributed by atoms with van der Waals surface area (Å²) in [6, 6.07) is 7.12. The highest BCUT2D eigenvalue weighted by Crippen LogP contribution is 2.31. The largest absolute Gasteiger partial charge is 0.423 e. The van der Waals surface area contributed by atoms with Gasteiger partial charge in [0.2, 0.25) is 0 Å². The van der Waals surface area contributed by atoms with Gasteiger partial charge in [0.25, 0.3) is 0 Å². The Morgan fingerprint density at radius 2 is 1.72 bits per heavy atom. The van der Waals surface area contributed by atoms with Gasteiger partial charge >= 0.3 is 5.97 Å². The Morgan fingerprint density at radius 3 is 2.31 bits per heavy atom. The Balaban J connectivity index is 1.64. The van der Waals surface area contributed by atoms with Gasteiger partial charge in [0.15, 0.2) is 0 Å². The summed E-state index contributed by atoms with van der Waals surface area (Å²) < 4.78 is 46.5. The van der Waals surface area contributed by atoms with E-state index < -0.39 is 34.7 Å². The fourth-order valence-electron chi connectivity index (χ4n) is 3.75. The van der Waals surface area contributed by atoms with Crippen molar-refractivity contribution in [2.75, 3.05) is 0 Å². The number of rotatable bonds is 5. The second-order valence-electron chi connectivity index (χ2n) is 7.74. The summed E-state index contributed by atoms with van der Waals surface area (Å²) in [7, 11) is 0. The first kappa shape index (κ1) is 20.9. The van der Waals surface area contributed by atoms with E-state index in [1.165, 1.54) is 43.9 Å². The van der Waals surface area contributed by atoms with Gasteiger partial charge in [-0.2, -0.15) is 5.26 Å². The lowest BCUT2D eigenvalue weighted by Gasteiger charge is -2.26. The minimum Gasteiger partial charge on any atom is -0.423 e. The summed E-state index contributed by atoms with van der Waals surface area (Å²) in [5, 5.41) is 8.66. The van der Waals surface area contributed by atoms with Crippen LogP contribution in [0.1, 0.15) is 60.5 Å². The van der Waals surface area contributed by atoms with Gasteiger partial charge in [-0.15, -0.1) is 0 Å². The van der Waals surface area contributed by atoms with Gasteiger partial charge in [-0.25, -0.2) is 18.0 Å². The number of nitriles is 1. The lowest BCUT2D eigenvalue weighted by atomic mass is 9.80. The van der Waals surface area contributed by atoms with Crippen LogP contribution in [0, 0.1) is 40.6 Å². The van der Waals surface area contributed by atoms with Crippen molar-refractivity contribution in [3.05, 3.63) is 64.5 Å². The lowest BCUT2D eigenvalue weighted by molar-refractivity contribution is 0.0729. The van der Waals surface area contributed by atoms with E-state index >= 15 is 0 Å². The molecule has 1 saturated carbocycles. The van der Waals surface area contributed by atoms with Crippen LogP contribution in [-0.2, 0) is 6.42 Å². The first-order valence-corrected chi connectivity index (χ1v) is 9.77. The maximum atomic E-state index is 14.4. The monoisotopic (exact) mass is 401 g/mol. The zero-order valence-electron chi connectivity index (χ0n) is 16.2. The zero-order valence-corrected chi connectivity index (χ0v) is 16.2. The molecule has 0 saturated heterocycles. The highest BCUT2D eigenvalue weighted by Gasteiger charge is 2.20. The molecule has 0 spiro atoms. The van der Waals surface area contributed by atoms with Gasteiger partial charge in [-0.1, -0.05) is 38.7 Å². The molecule has 0 atom stereocenters. The predicted molar refractivity (Wildman–Crippen MR) is 102 cm³/mol. The molecule has 0 heterocycles. The van der Waals surface area contributed by atoms with Crippen molar-refractivity contribution in [1.82, 2.24) is 0 Å². The van der Waals surface area contributed by atoms with Crippen molar-refractivity contribution in [1.29, 1.82) is 5.26 Å². The second-order valence-corrected chi connectivity index (χ2v) is 7.74. The van der Waals surface area contributed by atoms with Crippen LogP contribution >= 0.6 is 0 Å². The number of carbonyl (C=O) groups is 1. The fraction of sp³-hybridized carbons (Fsp3) is 0.391. The molecule has 0 aliphatic heterocycles. The summed E-state index contributed by atoms with van der Waals surface area (Å²) in [4.78, 5) is 12.2. The van der Waals surface area contributed by atoms with Crippen LogP contribution in [0.4, 0.5) is 13.2 Å². The number of benzene rings is 2.